The zero-order valence-corrected chi connectivity index (χ0v) is 11.1. The van der Waals surface area contributed by atoms with E-state index in [0.717, 1.165) is 18.4 Å². The van der Waals surface area contributed by atoms with Gasteiger partial charge in [0, 0.05) is 23.0 Å². The Balaban J connectivity index is 2.25. The van der Waals surface area contributed by atoms with Crippen molar-refractivity contribution in [2.45, 2.75) is 25.8 Å². The van der Waals surface area contributed by atoms with Crippen molar-refractivity contribution < 1.29 is 4.74 Å². The minimum Gasteiger partial charge on any atom is -0.493 e. The van der Waals surface area contributed by atoms with E-state index >= 15 is 0 Å². The molecule has 0 fully saturated rings. The van der Waals surface area contributed by atoms with E-state index in [0.29, 0.717) is 17.9 Å². The van der Waals surface area contributed by atoms with Crippen molar-refractivity contribution in [3.8, 4) is 6.07 Å². The van der Waals surface area contributed by atoms with Crippen LogP contribution in [0.3, 0.4) is 0 Å². The maximum Gasteiger partial charge on any atom is 0.125 e. The van der Waals surface area contributed by atoms with Gasteiger partial charge in [0.15, 0.2) is 0 Å². The summed E-state index contributed by atoms with van der Waals surface area (Å²) in [4.78, 5) is 4.15. The quantitative estimate of drug-likeness (QED) is 0.462. The van der Waals surface area contributed by atoms with Crippen LogP contribution < -0.4 is 0 Å². The number of rotatable bonds is 5. The molecule has 1 aliphatic rings. The van der Waals surface area contributed by atoms with Crippen molar-refractivity contribution >= 4 is 0 Å². The first-order valence-electron chi connectivity index (χ1n) is 6.30. The lowest BCUT2D eigenvalue weighted by Crippen LogP contribution is -2.09. The molecule has 0 radical (unpaired) electrons. The number of allylic oxidation sites excluding steroid dienone is 3. The molecule has 1 unspecified atom stereocenters. The fourth-order valence-electron chi connectivity index (χ4n) is 2.31. The van der Waals surface area contributed by atoms with Crippen molar-refractivity contribution in [3.63, 3.8) is 0 Å². The maximum atomic E-state index is 8.83. The Hall–Kier alpha value is -2.28. The Labute approximate surface area is 113 Å². The summed E-state index contributed by atoms with van der Waals surface area (Å²) in [5.74, 6) is 0.639. The van der Waals surface area contributed by atoms with Crippen molar-refractivity contribution in [1.29, 1.82) is 5.26 Å². The number of fused-ring (bicyclic) bond motifs is 1. The summed E-state index contributed by atoms with van der Waals surface area (Å²) < 4.78 is 7.71. The maximum absolute atomic E-state index is 8.83. The lowest BCUT2D eigenvalue weighted by molar-refractivity contribution is 0.232. The van der Waals surface area contributed by atoms with E-state index in [1.165, 1.54) is 5.69 Å². The summed E-state index contributed by atoms with van der Waals surface area (Å²) >= 11 is 0. The lowest BCUT2D eigenvalue weighted by Gasteiger charge is -2.19. The highest BCUT2D eigenvalue weighted by Gasteiger charge is 2.26. The highest BCUT2D eigenvalue weighted by atomic mass is 16.5. The van der Waals surface area contributed by atoms with Crippen molar-refractivity contribution in [1.82, 2.24) is 9.55 Å². The molecule has 2 rings (SSSR count). The average Bonchev–Trinajstić information content (AvgIpc) is 2.99. The highest BCUT2D eigenvalue weighted by Crippen LogP contribution is 2.34. The van der Waals surface area contributed by atoms with Gasteiger partial charge >= 0.3 is 0 Å². The molecule has 4 nitrogen and oxygen atoms in total. The predicted octanol–water partition coefficient (Wildman–Crippen LogP) is 2.93. The highest BCUT2D eigenvalue weighted by molar-refractivity contribution is 5.39. The molecule has 0 saturated carbocycles. The second-order valence-electron chi connectivity index (χ2n) is 4.45. The Morgan fingerprint density at radius 1 is 1.68 bits per heavy atom. The number of aryl methyl sites for hydroxylation is 1. The molecule has 1 aromatic heterocycles. The number of hydrogen-bond acceptors (Lipinski definition) is 3. The van der Waals surface area contributed by atoms with Crippen LogP contribution in [0.2, 0.25) is 0 Å². The number of aromatic nitrogens is 2. The number of nitriles is 1. The third-order valence-corrected chi connectivity index (χ3v) is 3.22. The zero-order chi connectivity index (χ0) is 13.8. The summed E-state index contributed by atoms with van der Waals surface area (Å²) in [7, 11) is 0. The van der Waals surface area contributed by atoms with Crippen LogP contribution in [0.5, 0.6) is 0 Å². The summed E-state index contributed by atoms with van der Waals surface area (Å²) in [5, 5.41) is 8.83. The molecule has 0 aromatic carbocycles. The van der Waals surface area contributed by atoms with Gasteiger partial charge in [0.1, 0.15) is 5.76 Å². The number of hydrogen-bond donors (Lipinski definition) is 0. The third-order valence-electron chi connectivity index (χ3n) is 3.22. The topological polar surface area (TPSA) is 50.8 Å². The first-order valence-corrected chi connectivity index (χ1v) is 6.30. The van der Waals surface area contributed by atoms with Gasteiger partial charge in [-0.05, 0) is 25.8 Å². The van der Waals surface area contributed by atoms with Crippen molar-refractivity contribution in [3.05, 3.63) is 54.4 Å². The fraction of sp³-hybridized carbons (Fsp3) is 0.333. The zero-order valence-electron chi connectivity index (χ0n) is 11.1. The molecule has 4 heteroatoms. The smallest absolute Gasteiger partial charge is 0.125 e. The monoisotopic (exact) mass is 255 g/mol. The number of imidazole rings is 1. The van der Waals surface area contributed by atoms with Gasteiger partial charge in [-0.15, -0.1) is 0 Å². The van der Waals surface area contributed by atoms with E-state index in [-0.39, 0.29) is 6.04 Å². The second-order valence-corrected chi connectivity index (χ2v) is 4.45. The summed E-state index contributed by atoms with van der Waals surface area (Å²) in [6, 6.07) is 2.16. The molecule has 2 heterocycles. The van der Waals surface area contributed by atoms with Gasteiger partial charge in [0.05, 0.1) is 25.0 Å². The Bertz CT molecular complexity index is 574. The molecule has 19 heavy (non-hydrogen) atoms. The van der Waals surface area contributed by atoms with E-state index in [1.807, 2.05) is 25.5 Å². The van der Waals surface area contributed by atoms with E-state index in [2.05, 4.69) is 22.7 Å². The van der Waals surface area contributed by atoms with Gasteiger partial charge in [-0.25, -0.2) is 4.98 Å². The number of ether oxygens (including phenoxy) is 1. The largest absolute Gasteiger partial charge is 0.493 e. The molecule has 1 aliphatic heterocycles. The van der Waals surface area contributed by atoms with E-state index < -0.39 is 0 Å². The first-order chi connectivity index (χ1) is 9.17. The summed E-state index contributed by atoms with van der Waals surface area (Å²) in [6.45, 7) is 10.2. The lowest BCUT2D eigenvalue weighted by atomic mass is 10.0. The minimum absolute atomic E-state index is 0.154. The van der Waals surface area contributed by atoms with Gasteiger partial charge in [-0.3, -0.25) is 0 Å². The molecule has 0 bridgehead atoms. The van der Waals surface area contributed by atoms with Gasteiger partial charge in [0.25, 0.3) is 0 Å². The van der Waals surface area contributed by atoms with Crippen molar-refractivity contribution in [2.75, 3.05) is 6.61 Å². The molecule has 0 N–H and O–H groups in total. The van der Waals surface area contributed by atoms with E-state index in [1.54, 1.807) is 6.08 Å². The van der Waals surface area contributed by atoms with Crippen LogP contribution in [0, 0.1) is 11.3 Å². The first kappa shape index (κ1) is 13.2. The van der Waals surface area contributed by atoms with Gasteiger partial charge in [0.2, 0.25) is 0 Å². The molecular formula is C15H17N3O. The molecule has 0 amide bonds. The SMILES string of the molecule is C=C(C#N)/C=C(/OCC)C(=C)C1CCc2cncn21. The van der Waals surface area contributed by atoms with Gasteiger partial charge in [-0.1, -0.05) is 13.2 Å². The minimum atomic E-state index is 0.154. The summed E-state index contributed by atoms with van der Waals surface area (Å²) in [5.41, 5.74) is 2.45. The van der Waals surface area contributed by atoms with Crippen LogP contribution in [0.25, 0.3) is 0 Å². The molecule has 1 aromatic rings. The fourth-order valence-corrected chi connectivity index (χ4v) is 2.31. The molecule has 0 aliphatic carbocycles. The Kier molecular flexibility index (Phi) is 3.86. The standard InChI is InChI=1S/C15H17N3O/c1-4-19-15(7-11(2)8-16)12(3)14-6-5-13-9-17-10-18(13)14/h7,9-10,14H,2-6H2,1H3/b15-7+. The predicted molar refractivity (Wildman–Crippen MR) is 73.2 cm³/mol. The summed E-state index contributed by atoms with van der Waals surface area (Å²) in [6.07, 6.45) is 7.33. The Morgan fingerprint density at radius 3 is 3.16 bits per heavy atom. The van der Waals surface area contributed by atoms with Crippen LogP contribution >= 0.6 is 0 Å². The van der Waals surface area contributed by atoms with E-state index in [9.17, 15) is 0 Å². The van der Waals surface area contributed by atoms with Crippen LogP contribution in [-0.4, -0.2) is 16.2 Å². The van der Waals surface area contributed by atoms with Crippen LogP contribution in [0.1, 0.15) is 25.1 Å². The molecule has 98 valence electrons. The van der Waals surface area contributed by atoms with Crippen LogP contribution in [-0.2, 0) is 11.2 Å². The average molecular weight is 255 g/mol. The molecule has 1 atom stereocenters. The van der Waals surface area contributed by atoms with E-state index in [4.69, 9.17) is 10.00 Å². The second kappa shape index (κ2) is 5.57. The molecule has 0 spiro atoms. The van der Waals surface area contributed by atoms with Crippen molar-refractivity contribution in [2.24, 2.45) is 0 Å². The Morgan fingerprint density at radius 2 is 2.47 bits per heavy atom. The molecular weight excluding hydrogens is 238 g/mol. The van der Waals surface area contributed by atoms with Crippen LogP contribution in [0.4, 0.5) is 0 Å². The number of nitrogens with zero attached hydrogens (tertiary/aromatic N) is 3. The van der Waals surface area contributed by atoms with Gasteiger partial charge < -0.3 is 9.30 Å². The van der Waals surface area contributed by atoms with Crippen LogP contribution in [0.15, 0.2) is 48.7 Å². The normalized spacial score (nSPS) is 17.7. The van der Waals surface area contributed by atoms with Gasteiger partial charge in [-0.2, -0.15) is 5.26 Å². The third kappa shape index (κ3) is 2.60. The molecule has 0 saturated heterocycles.